The lowest BCUT2D eigenvalue weighted by Crippen LogP contribution is -2.06. The molecule has 0 aliphatic rings. The Hall–Kier alpha value is -2.30. The molecule has 2 aromatic rings. The fourth-order valence-electron chi connectivity index (χ4n) is 1.71. The minimum atomic E-state index is -2.74. The first-order valence-electron chi connectivity index (χ1n) is 5.54. The van der Waals surface area contributed by atoms with Crippen LogP contribution in [-0.4, -0.2) is 17.9 Å². The van der Waals surface area contributed by atoms with E-state index in [1.807, 2.05) is 0 Å². The molecule has 0 atom stereocenters. The van der Waals surface area contributed by atoms with Gasteiger partial charge in [0.1, 0.15) is 5.75 Å². The molecule has 0 fully saturated rings. The summed E-state index contributed by atoms with van der Waals surface area (Å²) in [6, 6.07) is 7.12. The molecule has 1 heterocycles. The van der Waals surface area contributed by atoms with E-state index in [1.54, 1.807) is 6.07 Å². The summed E-state index contributed by atoms with van der Waals surface area (Å²) in [6.07, 6.45) is 0.117. The largest absolute Gasteiger partial charge is 0.497 e. The van der Waals surface area contributed by atoms with E-state index in [1.165, 1.54) is 43.8 Å². The standard InChI is InChI=1S/C14H11F2NO2/c1-19-10-4-5-11(12(7-10)14(15)16)13(18)9-3-2-6-17-8-9/h2-8,14H,1H3. The molecule has 5 heteroatoms. The van der Waals surface area contributed by atoms with Crippen molar-refractivity contribution in [3.8, 4) is 5.75 Å². The van der Waals surface area contributed by atoms with Crippen LogP contribution < -0.4 is 4.74 Å². The van der Waals surface area contributed by atoms with Gasteiger partial charge in [0, 0.05) is 29.1 Å². The SMILES string of the molecule is COc1ccc(C(=O)c2cccnc2)c(C(F)F)c1. The number of hydrogen-bond acceptors (Lipinski definition) is 3. The third-order valence-corrected chi connectivity index (χ3v) is 2.66. The van der Waals surface area contributed by atoms with Crippen LogP contribution in [0.15, 0.2) is 42.7 Å². The Morgan fingerprint density at radius 2 is 2.11 bits per heavy atom. The number of hydrogen-bond donors (Lipinski definition) is 0. The van der Waals surface area contributed by atoms with Gasteiger partial charge in [-0.3, -0.25) is 9.78 Å². The van der Waals surface area contributed by atoms with Crippen molar-refractivity contribution in [1.29, 1.82) is 0 Å². The maximum Gasteiger partial charge on any atom is 0.264 e. The van der Waals surface area contributed by atoms with Gasteiger partial charge in [-0.15, -0.1) is 0 Å². The van der Waals surface area contributed by atoms with Gasteiger partial charge in [0.25, 0.3) is 6.43 Å². The Kier molecular flexibility index (Phi) is 3.85. The van der Waals surface area contributed by atoms with Crippen molar-refractivity contribution in [3.05, 3.63) is 59.4 Å². The van der Waals surface area contributed by atoms with Crippen molar-refractivity contribution in [2.75, 3.05) is 7.11 Å². The van der Waals surface area contributed by atoms with Crippen molar-refractivity contribution in [2.24, 2.45) is 0 Å². The molecule has 0 spiro atoms. The number of pyridine rings is 1. The second kappa shape index (κ2) is 5.56. The number of alkyl halides is 2. The quantitative estimate of drug-likeness (QED) is 0.795. The summed E-state index contributed by atoms with van der Waals surface area (Å²) >= 11 is 0. The summed E-state index contributed by atoms with van der Waals surface area (Å²) in [5.74, 6) is -0.191. The van der Waals surface area contributed by atoms with Crippen LogP contribution in [0, 0.1) is 0 Å². The molecular weight excluding hydrogens is 252 g/mol. The molecule has 98 valence electrons. The van der Waals surface area contributed by atoms with Crippen molar-refractivity contribution >= 4 is 5.78 Å². The Balaban J connectivity index is 2.47. The number of aromatic nitrogens is 1. The van der Waals surface area contributed by atoms with Gasteiger partial charge in [0.05, 0.1) is 7.11 Å². The maximum atomic E-state index is 13.0. The molecule has 3 nitrogen and oxygen atoms in total. The van der Waals surface area contributed by atoms with Crippen molar-refractivity contribution in [2.45, 2.75) is 6.43 Å². The van der Waals surface area contributed by atoms with Crippen LogP contribution >= 0.6 is 0 Å². The van der Waals surface area contributed by atoms with Gasteiger partial charge in [0.15, 0.2) is 5.78 Å². The van der Waals surface area contributed by atoms with Gasteiger partial charge in [-0.05, 0) is 30.3 Å². The fourth-order valence-corrected chi connectivity index (χ4v) is 1.71. The molecule has 2 rings (SSSR count). The highest BCUT2D eigenvalue weighted by atomic mass is 19.3. The van der Waals surface area contributed by atoms with Gasteiger partial charge < -0.3 is 4.74 Å². The van der Waals surface area contributed by atoms with E-state index in [-0.39, 0.29) is 22.4 Å². The van der Waals surface area contributed by atoms with E-state index in [9.17, 15) is 13.6 Å². The predicted octanol–water partition coefficient (Wildman–Crippen LogP) is 3.26. The number of rotatable bonds is 4. The first-order valence-corrected chi connectivity index (χ1v) is 5.54. The Bertz CT molecular complexity index is 585. The van der Waals surface area contributed by atoms with Crippen LogP contribution in [0.25, 0.3) is 0 Å². The van der Waals surface area contributed by atoms with Crippen LogP contribution in [0.1, 0.15) is 27.9 Å². The number of carbonyl (C=O) groups is 1. The maximum absolute atomic E-state index is 13.0. The molecule has 0 amide bonds. The summed E-state index contributed by atoms with van der Waals surface area (Å²) in [5.41, 5.74) is -0.105. The average molecular weight is 263 g/mol. The van der Waals surface area contributed by atoms with E-state index < -0.39 is 12.2 Å². The van der Waals surface area contributed by atoms with Gasteiger partial charge in [-0.25, -0.2) is 8.78 Å². The molecule has 0 aliphatic heterocycles. The summed E-state index contributed by atoms with van der Waals surface area (Å²) in [5, 5.41) is 0. The summed E-state index contributed by atoms with van der Waals surface area (Å²) in [7, 11) is 1.38. The zero-order valence-corrected chi connectivity index (χ0v) is 10.1. The molecule has 1 aromatic heterocycles. The van der Waals surface area contributed by atoms with Crippen molar-refractivity contribution in [3.63, 3.8) is 0 Å². The third-order valence-electron chi connectivity index (χ3n) is 2.66. The zero-order valence-electron chi connectivity index (χ0n) is 10.1. The van der Waals surface area contributed by atoms with E-state index in [0.29, 0.717) is 0 Å². The predicted molar refractivity (Wildman–Crippen MR) is 65.6 cm³/mol. The molecule has 0 radical (unpaired) electrons. The Morgan fingerprint density at radius 3 is 2.68 bits per heavy atom. The van der Waals surface area contributed by atoms with Crippen LogP contribution in [0.5, 0.6) is 5.75 Å². The fraction of sp³-hybridized carbons (Fsp3) is 0.143. The molecule has 0 N–H and O–H groups in total. The monoisotopic (exact) mass is 263 g/mol. The topological polar surface area (TPSA) is 39.2 Å². The number of nitrogens with zero attached hydrogens (tertiary/aromatic N) is 1. The van der Waals surface area contributed by atoms with E-state index in [4.69, 9.17) is 4.74 Å². The highest BCUT2D eigenvalue weighted by molar-refractivity contribution is 6.09. The molecule has 0 saturated carbocycles. The molecule has 0 saturated heterocycles. The van der Waals surface area contributed by atoms with Gasteiger partial charge >= 0.3 is 0 Å². The van der Waals surface area contributed by atoms with Crippen LogP contribution in [0.2, 0.25) is 0 Å². The summed E-state index contributed by atoms with van der Waals surface area (Å²) < 4.78 is 30.9. The second-order valence-electron chi connectivity index (χ2n) is 3.82. The number of benzene rings is 1. The second-order valence-corrected chi connectivity index (χ2v) is 3.82. The Labute approximate surface area is 108 Å². The van der Waals surface area contributed by atoms with Crippen molar-refractivity contribution < 1.29 is 18.3 Å². The molecule has 0 unspecified atom stereocenters. The van der Waals surface area contributed by atoms with Gasteiger partial charge in [-0.1, -0.05) is 0 Å². The molecule has 19 heavy (non-hydrogen) atoms. The normalized spacial score (nSPS) is 10.5. The van der Waals surface area contributed by atoms with E-state index in [0.717, 1.165) is 0 Å². The lowest BCUT2D eigenvalue weighted by molar-refractivity contribution is 0.102. The number of ketones is 1. The van der Waals surface area contributed by atoms with E-state index >= 15 is 0 Å². The van der Waals surface area contributed by atoms with Gasteiger partial charge in [-0.2, -0.15) is 0 Å². The molecule has 0 bridgehead atoms. The van der Waals surface area contributed by atoms with Crippen LogP contribution in [0.3, 0.4) is 0 Å². The number of ether oxygens (including phenoxy) is 1. The molecular formula is C14H11F2NO2. The van der Waals surface area contributed by atoms with Crippen LogP contribution in [-0.2, 0) is 0 Å². The smallest absolute Gasteiger partial charge is 0.264 e. The number of methoxy groups -OCH3 is 1. The highest BCUT2D eigenvalue weighted by Crippen LogP contribution is 2.28. The minimum Gasteiger partial charge on any atom is -0.497 e. The highest BCUT2D eigenvalue weighted by Gasteiger charge is 2.20. The van der Waals surface area contributed by atoms with E-state index in [2.05, 4.69) is 4.98 Å². The summed E-state index contributed by atoms with van der Waals surface area (Å²) in [4.78, 5) is 16.0. The lowest BCUT2D eigenvalue weighted by Gasteiger charge is -2.10. The molecule has 1 aromatic carbocycles. The molecule has 0 aliphatic carbocycles. The zero-order chi connectivity index (χ0) is 13.8. The van der Waals surface area contributed by atoms with Crippen LogP contribution in [0.4, 0.5) is 8.78 Å². The third kappa shape index (κ3) is 2.76. The van der Waals surface area contributed by atoms with Gasteiger partial charge in [0.2, 0.25) is 0 Å². The average Bonchev–Trinajstić information content (AvgIpc) is 2.46. The Morgan fingerprint density at radius 1 is 1.32 bits per heavy atom. The number of halogens is 2. The first kappa shape index (κ1) is 13.1. The minimum absolute atomic E-state index is 0.0381. The lowest BCUT2D eigenvalue weighted by atomic mass is 9.99. The van der Waals surface area contributed by atoms with Crippen molar-refractivity contribution in [1.82, 2.24) is 4.98 Å². The first-order chi connectivity index (χ1) is 9.13. The summed E-state index contributed by atoms with van der Waals surface area (Å²) in [6.45, 7) is 0. The number of carbonyl (C=O) groups excluding carboxylic acids is 1.